The molecular weight excluding hydrogens is 346 g/mol. The molecule has 1 aromatic heterocycles. The third kappa shape index (κ3) is 4.08. The number of nitrogens with two attached hydrogens (primary N) is 1. The van der Waals surface area contributed by atoms with E-state index in [0.717, 1.165) is 25.7 Å². The van der Waals surface area contributed by atoms with E-state index in [1.807, 2.05) is 0 Å². The van der Waals surface area contributed by atoms with Crippen LogP contribution in [0.2, 0.25) is 0 Å². The van der Waals surface area contributed by atoms with Gasteiger partial charge in [0.1, 0.15) is 0 Å². The van der Waals surface area contributed by atoms with Gasteiger partial charge < -0.3 is 11.1 Å². The van der Waals surface area contributed by atoms with Crippen LogP contribution in [0, 0.1) is 16.0 Å². The Balaban J connectivity index is 0.00000225. The van der Waals surface area contributed by atoms with Gasteiger partial charge in [-0.05, 0) is 24.8 Å². The Bertz CT molecular complexity index is 757. The first-order valence-corrected chi connectivity index (χ1v) is 8.23. The molecule has 0 bridgehead atoms. The number of nitro groups is 1. The number of aromatic nitrogens is 2. The van der Waals surface area contributed by atoms with Gasteiger partial charge in [0.2, 0.25) is 0 Å². The molecule has 0 aliphatic heterocycles. The third-order valence-corrected chi connectivity index (χ3v) is 4.76. The van der Waals surface area contributed by atoms with Crippen molar-refractivity contribution in [3.63, 3.8) is 0 Å². The maximum atomic E-state index is 12.6. The third-order valence-electron chi connectivity index (χ3n) is 4.76. The minimum atomic E-state index is -0.487. The minimum absolute atomic E-state index is 0. The molecule has 1 heterocycles. The second-order valence-corrected chi connectivity index (χ2v) is 6.27. The van der Waals surface area contributed by atoms with Crippen LogP contribution < -0.4 is 11.1 Å². The Morgan fingerprint density at radius 2 is 2.12 bits per heavy atom. The van der Waals surface area contributed by atoms with Crippen LogP contribution in [-0.2, 0) is 0 Å². The van der Waals surface area contributed by atoms with Gasteiger partial charge >= 0.3 is 0 Å². The number of aromatic amines is 1. The van der Waals surface area contributed by atoms with Gasteiger partial charge in [-0.2, -0.15) is 5.10 Å². The molecule has 0 saturated heterocycles. The highest BCUT2D eigenvalue weighted by Gasteiger charge is 2.26. The molecule has 8 nitrogen and oxygen atoms in total. The quantitative estimate of drug-likeness (QED) is 0.552. The number of halogens is 1. The van der Waals surface area contributed by atoms with E-state index in [2.05, 4.69) is 15.5 Å². The van der Waals surface area contributed by atoms with Gasteiger partial charge in [-0.1, -0.05) is 19.3 Å². The maximum Gasteiger partial charge on any atom is 0.272 e. The van der Waals surface area contributed by atoms with Gasteiger partial charge in [0, 0.05) is 30.1 Å². The van der Waals surface area contributed by atoms with E-state index in [0.29, 0.717) is 23.4 Å². The summed E-state index contributed by atoms with van der Waals surface area (Å²) in [5, 5.41) is 21.1. The summed E-state index contributed by atoms with van der Waals surface area (Å²) in [4.78, 5) is 23.0. The lowest BCUT2D eigenvalue weighted by Crippen LogP contribution is -2.46. The van der Waals surface area contributed by atoms with Crippen LogP contribution in [0.25, 0.3) is 10.9 Å². The number of benzene rings is 1. The van der Waals surface area contributed by atoms with E-state index >= 15 is 0 Å². The summed E-state index contributed by atoms with van der Waals surface area (Å²) in [7, 11) is 0. The van der Waals surface area contributed by atoms with Gasteiger partial charge in [0.25, 0.3) is 11.6 Å². The van der Waals surface area contributed by atoms with Gasteiger partial charge in [-0.3, -0.25) is 20.0 Å². The molecule has 1 aliphatic rings. The fourth-order valence-corrected chi connectivity index (χ4v) is 3.43. The van der Waals surface area contributed by atoms with E-state index < -0.39 is 4.92 Å². The first-order valence-electron chi connectivity index (χ1n) is 8.23. The highest BCUT2D eigenvalue weighted by Crippen LogP contribution is 2.27. The first kappa shape index (κ1) is 19.1. The zero-order chi connectivity index (χ0) is 17.1. The van der Waals surface area contributed by atoms with E-state index in [9.17, 15) is 14.9 Å². The average Bonchev–Trinajstić information content (AvgIpc) is 3.03. The summed E-state index contributed by atoms with van der Waals surface area (Å²) in [6.45, 7) is 0.374. The van der Waals surface area contributed by atoms with Gasteiger partial charge in [-0.15, -0.1) is 12.4 Å². The molecule has 2 aromatic rings. The molecule has 1 aliphatic carbocycles. The van der Waals surface area contributed by atoms with Crippen LogP contribution in [0.1, 0.15) is 42.6 Å². The SMILES string of the molecule is Cl.NCC(NC(=O)c1n[nH]c2ccc([N+](=O)[O-])cc12)C1CCCCC1. The van der Waals surface area contributed by atoms with Crippen molar-refractivity contribution in [2.75, 3.05) is 6.54 Å². The van der Waals surface area contributed by atoms with E-state index in [4.69, 9.17) is 5.73 Å². The van der Waals surface area contributed by atoms with Crippen molar-refractivity contribution in [3.8, 4) is 0 Å². The van der Waals surface area contributed by atoms with Gasteiger partial charge in [0.05, 0.1) is 10.4 Å². The zero-order valence-corrected chi connectivity index (χ0v) is 14.6. The Morgan fingerprint density at radius 1 is 1.40 bits per heavy atom. The number of carbonyl (C=O) groups is 1. The number of nitrogens with zero attached hydrogens (tertiary/aromatic N) is 2. The first-order chi connectivity index (χ1) is 11.6. The largest absolute Gasteiger partial charge is 0.346 e. The molecule has 1 fully saturated rings. The number of carbonyl (C=O) groups excluding carboxylic acids is 1. The molecule has 1 amide bonds. The fraction of sp³-hybridized carbons (Fsp3) is 0.500. The normalized spacial score (nSPS) is 16.2. The van der Waals surface area contributed by atoms with Crippen molar-refractivity contribution in [3.05, 3.63) is 34.0 Å². The molecule has 25 heavy (non-hydrogen) atoms. The van der Waals surface area contributed by atoms with E-state index in [-0.39, 0.29) is 35.7 Å². The summed E-state index contributed by atoms with van der Waals surface area (Å²) >= 11 is 0. The molecule has 0 spiro atoms. The molecule has 1 atom stereocenters. The number of hydrogen-bond donors (Lipinski definition) is 3. The summed E-state index contributed by atoms with van der Waals surface area (Å²) in [5.74, 6) is 0.0370. The number of nitrogens with one attached hydrogen (secondary N) is 2. The van der Waals surface area contributed by atoms with Crippen molar-refractivity contribution < 1.29 is 9.72 Å². The number of amides is 1. The van der Waals surface area contributed by atoms with Crippen molar-refractivity contribution >= 4 is 34.9 Å². The van der Waals surface area contributed by atoms with E-state index in [1.54, 1.807) is 6.07 Å². The highest BCUT2D eigenvalue weighted by molar-refractivity contribution is 6.05. The second kappa shape index (κ2) is 8.26. The number of H-pyrrole nitrogens is 1. The number of nitro benzene ring substituents is 1. The number of non-ortho nitro benzene ring substituents is 1. The Morgan fingerprint density at radius 3 is 2.76 bits per heavy atom. The summed E-state index contributed by atoms with van der Waals surface area (Å²) < 4.78 is 0. The predicted octanol–water partition coefficient (Wildman–Crippen LogP) is 2.53. The second-order valence-electron chi connectivity index (χ2n) is 6.27. The molecular formula is C16H22ClN5O3. The minimum Gasteiger partial charge on any atom is -0.346 e. The standard InChI is InChI=1S/C16H21N5O3.ClH/c17-9-14(10-4-2-1-3-5-10)18-16(22)15-12-8-11(21(23)24)6-7-13(12)19-20-15;/h6-8,10,14H,1-5,9,17H2,(H,18,22)(H,19,20);1H. The molecule has 3 rings (SSSR count). The Hall–Kier alpha value is -2.19. The molecule has 4 N–H and O–H groups in total. The van der Waals surface area contributed by atoms with Crippen LogP contribution in [0.3, 0.4) is 0 Å². The monoisotopic (exact) mass is 367 g/mol. The van der Waals surface area contributed by atoms with Crippen LogP contribution >= 0.6 is 12.4 Å². The molecule has 9 heteroatoms. The predicted molar refractivity (Wildman–Crippen MR) is 96.9 cm³/mol. The van der Waals surface area contributed by atoms with Crippen molar-refractivity contribution in [1.82, 2.24) is 15.5 Å². The summed E-state index contributed by atoms with van der Waals surface area (Å²) in [6.07, 6.45) is 5.68. The lowest BCUT2D eigenvalue weighted by molar-refractivity contribution is -0.384. The number of rotatable bonds is 5. The van der Waals surface area contributed by atoms with E-state index in [1.165, 1.54) is 18.6 Å². The van der Waals surface area contributed by atoms with Crippen molar-refractivity contribution in [1.29, 1.82) is 0 Å². The lowest BCUT2D eigenvalue weighted by Gasteiger charge is -2.29. The zero-order valence-electron chi connectivity index (χ0n) is 13.7. The summed E-state index contributed by atoms with van der Waals surface area (Å²) in [5.41, 5.74) is 6.54. The van der Waals surface area contributed by atoms with Crippen molar-refractivity contribution in [2.24, 2.45) is 11.7 Å². The number of hydrogen-bond acceptors (Lipinski definition) is 5. The van der Waals surface area contributed by atoms with Crippen LogP contribution in [0.15, 0.2) is 18.2 Å². The molecule has 1 aromatic carbocycles. The van der Waals surface area contributed by atoms with Crippen LogP contribution in [0.4, 0.5) is 5.69 Å². The Kier molecular flexibility index (Phi) is 6.33. The number of fused-ring (bicyclic) bond motifs is 1. The molecule has 1 saturated carbocycles. The van der Waals surface area contributed by atoms with Gasteiger partial charge in [0.15, 0.2) is 5.69 Å². The molecule has 0 radical (unpaired) electrons. The van der Waals surface area contributed by atoms with Crippen molar-refractivity contribution in [2.45, 2.75) is 38.1 Å². The molecule has 136 valence electrons. The van der Waals surface area contributed by atoms with Crippen LogP contribution in [0.5, 0.6) is 0 Å². The maximum absolute atomic E-state index is 12.6. The smallest absolute Gasteiger partial charge is 0.272 e. The summed E-state index contributed by atoms with van der Waals surface area (Å²) in [6, 6.07) is 4.21. The van der Waals surface area contributed by atoms with Gasteiger partial charge in [-0.25, -0.2) is 0 Å². The Labute approximate surface area is 151 Å². The van der Waals surface area contributed by atoms with Crippen LogP contribution in [-0.4, -0.2) is 33.6 Å². The lowest BCUT2D eigenvalue weighted by atomic mass is 9.84. The average molecular weight is 368 g/mol. The molecule has 1 unspecified atom stereocenters. The highest BCUT2D eigenvalue weighted by atomic mass is 35.5. The topological polar surface area (TPSA) is 127 Å². The fourth-order valence-electron chi connectivity index (χ4n) is 3.43.